The number of pyridine rings is 1. The van der Waals surface area contributed by atoms with Crippen molar-refractivity contribution in [3.63, 3.8) is 0 Å². The maximum atomic E-state index is 10.2. The molecule has 25 heavy (non-hydrogen) atoms. The predicted molar refractivity (Wildman–Crippen MR) is 100 cm³/mol. The van der Waals surface area contributed by atoms with Crippen LogP contribution in [0.3, 0.4) is 0 Å². The Labute approximate surface area is 150 Å². The molecule has 6 nitrogen and oxygen atoms in total. The number of hydrogen-bond donors (Lipinski definition) is 2. The fraction of sp³-hybridized carbons (Fsp3) is 0.684. The SMILES string of the molecule is CC1CCN(CC(O)CNCc2cnc3c(cnn3C(C)C)c2)CC1. The first-order valence-electron chi connectivity index (χ1n) is 9.46. The van der Waals surface area contributed by atoms with Crippen molar-refractivity contribution in [3.8, 4) is 0 Å². The first-order valence-corrected chi connectivity index (χ1v) is 9.46. The van der Waals surface area contributed by atoms with Crippen LogP contribution in [0.1, 0.15) is 45.2 Å². The van der Waals surface area contributed by atoms with E-state index < -0.39 is 0 Å². The van der Waals surface area contributed by atoms with Gasteiger partial charge in [-0.05, 0) is 57.3 Å². The van der Waals surface area contributed by atoms with Crippen LogP contribution in [0.4, 0.5) is 0 Å². The maximum absolute atomic E-state index is 10.2. The molecule has 6 heteroatoms. The number of piperidine rings is 1. The van der Waals surface area contributed by atoms with Crippen molar-refractivity contribution >= 4 is 11.0 Å². The first-order chi connectivity index (χ1) is 12.0. The highest BCUT2D eigenvalue weighted by atomic mass is 16.3. The van der Waals surface area contributed by atoms with Crippen LogP contribution in [0.2, 0.25) is 0 Å². The van der Waals surface area contributed by atoms with E-state index in [9.17, 15) is 5.11 Å². The summed E-state index contributed by atoms with van der Waals surface area (Å²) >= 11 is 0. The third-order valence-electron chi connectivity index (χ3n) is 5.03. The van der Waals surface area contributed by atoms with E-state index >= 15 is 0 Å². The molecule has 0 aliphatic carbocycles. The van der Waals surface area contributed by atoms with Gasteiger partial charge in [0.15, 0.2) is 5.65 Å². The van der Waals surface area contributed by atoms with Crippen molar-refractivity contribution in [2.24, 2.45) is 5.92 Å². The fourth-order valence-electron chi connectivity index (χ4n) is 3.45. The number of fused-ring (bicyclic) bond motifs is 1. The van der Waals surface area contributed by atoms with Crippen molar-refractivity contribution in [3.05, 3.63) is 24.0 Å². The molecule has 0 spiro atoms. The summed E-state index contributed by atoms with van der Waals surface area (Å²) in [5.41, 5.74) is 2.05. The van der Waals surface area contributed by atoms with Crippen molar-refractivity contribution in [1.82, 2.24) is 25.0 Å². The molecule has 3 rings (SSSR count). The number of aromatic nitrogens is 3. The van der Waals surface area contributed by atoms with Crippen LogP contribution in [0.25, 0.3) is 11.0 Å². The minimum atomic E-state index is -0.325. The molecule has 0 aromatic carbocycles. The van der Waals surface area contributed by atoms with Gasteiger partial charge in [-0.1, -0.05) is 6.92 Å². The van der Waals surface area contributed by atoms with Gasteiger partial charge in [-0.3, -0.25) is 0 Å². The second kappa shape index (κ2) is 8.25. The smallest absolute Gasteiger partial charge is 0.157 e. The normalized spacial score (nSPS) is 18.3. The number of nitrogens with one attached hydrogen (secondary N) is 1. The van der Waals surface area contributed by atoms with E-state index in [0.29, 0.717) is 19.1 Å². The number of hydrogen-bond acceptors (Lipinski definition) is 5. The van der Waals surface area contributed by atoms with Gasteiger partial charge in [-0.2, -0.15) is 5.10 Å². The number of aliphatic hydroxyl groups is 1. The van der Waals surface area contributed by atoms with Gasteiger partial charge < -0.3 is 15.3 Å². The second-order valence-electron chi connectivity index (χ2n) is 7.71. The van der Waals surface area contributed by atoms with E-state index in [-0.39, 0.29) is 6.10 Å². The quantitative estimate of drug-likeness (QED) is 0.805. The van der Waals surface area contributed by atoms with Crippen molar-refractivity contribution in [2.75, 3.05) is 26.2 Å². The summed E-state index contributed by atoms with van der Waals surface area (Å²) in [6.45, 7) is 10.8. The summed E-state index contributed by atoms with van der Waals surface area (Å²) in [5.74, 6) is 0.828. The molecule has 1 fully saturated rings. The van der Waals surface area contributed by atoms with Gasteiger partial charge in [0.25, 0.3) is 0 Å². The molecule has 1 unspecified atom stereocenters. The molecule has 2 aromatic rings. The summed E-state index contributed by atoms with van der Waals surface area (Å²) in [5, 5.41) is 19.1. The number of nitrogens with zero attached hydrogens (tertiary/aromatic N) is 4. The topological polar surface area (TPSA) is 66.2 Å². The summed E-state index contributed by atoms with van der Waals surface area (Å²) in [6, 6.07) is 2.43. The second-order valence-corrected chi connectivity index (χ2v) is 7.71. The van der Waals surface area contributed by atoms with Crippen LogP contribution >= 0.6 is 0 Å². The number of β-amino-alcohol motifs (C(OH)–C–C–N with tert-alkyl or cyclic N) is 1. The highest BCUT2D eigenvalue weighted by Gasteiger charge is 2.18. The number of aliphatic hydroxyl groups excluding tert-OH is 1. The molecule has 1 aliphatic rings. The lowest BCUT2D eigenvalue weighted by atomic mass is 9.99. The monoisotopic (exact) mass is 345 g/mol. The van der Waals surface area contributed by atoms with Gasteiger partial charge in [0, 0.05) is 37.3 Å². The zero-order chi connectivity index (χ0) is 17.8. The predicted octanol–water partition coefficient (Wildman–Crippen LogP) is 2.19. The molecule has 1 aliphatic heterocycles. The molecule has 0 radical (unpaired) electrons. The zero-order valence-corrected chi connectivity index (χ0v) is 15.6. The highest BCUT2D eigenvalue weighted by Crippen LogP contribution is 2.17. The van der Waals surface area contributed by atoms with E-state index in [1.54, 1.807) is 0 Å². The molecule has 3 heterocycles. The third-order valence-corrected chi connectivity index (χ3v) is 5.03. The average Bonchev–Trinajstić information content (AvgIpc) is 3.00. The first kappa shape index (κ1) is 18.3. The van der Waals surface area contributed by atoms with E-state index in [2.05, 4.69) is 47.1 Å². The largest absolute Gasteiger partial charge is 0.390 e. The average molecular weight is 345 g/mol. The van der Waals surface area contributed by atoms with Crippen LogP contribution in [-0.2, 0) is 6.54 Å². The lowest BCUT2D eigenvalue weighted by Gasteiger charge is -2.31. The van der Waals surface area contributed by atoms with E-state index in [0.717, 1.165) is 42.1 Å². The van der Waals surface area contributed by atoms with E-state index in [1.165, 1.54) is 12.8 Å². The van der Waals surface area contributed by atoms with Gasteiger partial charge in [-0.15, -0.1) is 0 Å². The van der Waals surface area contributed by atoms with Crippen LogP contribution in [-0.4, -0.2) is 57.1 Å². The van der Waals surface area contributed by atoms with Crippen molar-refractivity contribution < 1.29 is 5.11 Å². The van der Waals surface area contributed by atoms with Crippen LogP contribution < -0.4 is 5.32 Å². The molecule has 0 amide bonds. The van der Waals surface area contributed by atoms with Crippen LogP contribution in [0, 0.1) is 5.92 Å². The third kappa shape index (κ3) is 4.77. The molecule has 1 saturated heterocycles. The molecular formula is C19H31N5O. The van der Waals surface area contributed by atoms with Gasteiger partial charge in [-0.25, -0.2) is 9.67 Å². The molecular weight excluding hydrogens is 314 g/mol. The van der Waals surface area contributed by atoms with Gasteiger partial charge >= 0.3 is 0 Å². The summed E-state index contributed by atoms with van der Waals surface area (Å²) in [6.07, 6.45) is 5.94. The molecule has 138 valence electrons. The molecule has 0 bridgehead atoms. The minimum Gasteiger partial charge on any atom is -0.390 e. The Morgan fingerprint density at radius 2 is 2.04 bits per heavy atom. The maximum Gasteiger partial charge on any atom is 0.157 e. The van der Waals surface area contributed by atoms with Crippen molar-refractivity contribution in [1.29, 1.82) is 0 Å². The Balaban J connectivity index is 1.46. The Morgan fingerprint density at radius 1 is 1.28 bits per heavy atom. The van der Waals surface area contributed by atoms with E-state index in [1.807, 2.05) is 17.1 Å². The number of rotatable bonds is 7. The fourth-order valence-corrected chi connectivity index (χ4v) is 3.45. The van der Waals surface area contributed by atoms with Gasteiger partial charge in [0.05, 0.1) is 12.3 Å². The van der Waals surface area contributed by atoms with Crippen molar-refractivity contribution in [2.45, 2.75) is 52.3 Å². The summed E-state index contributed by atoms with van der Waals surface area (Å²) in [4.78, 5) is 6.93. The molecule has 2 N–H and O–H groups in total. The lowest BCUT2D eigenvalue weighted by molar-refractivity contribution is 0.0907. The Kier molecular flexibility index (Phi) is 6.04. The Hall–Kier alpha value is -1.50. The highest BCUT2D eigenvalue weighted by molar-refractivity contribution is 5.75. The zero-order valence-electron chi connectivity index (χ0n) is 15.6. The minimum absolute atomic E-state index is 0.307. The number of likely N-dealkylation sites (tertiary alicyclic amines) is 1. The van der Waals surface area contributed by atoms with Crippen LogP contribution in [0.5, 0.6) is 0 Å². The van der Waals surface area contributed by atoms with Gasteiger partial charge in [0.2, 0.25) is 0 Å². The molecule has 1 atom stereocenters. The molecule has 2 aromatic heterocycles. The van der Waals surface area contributed by atoms with E-state index in [4.69, 9.17) is 0 Å². The van der Waals surface area contributed by atoms with Crippen LogP contribution in [0.15, 0.2) is 18.5 Å². The van der Waals surface area contributed by atoms with Gasteiger partial charge in [0.1, 0.15) is 0 Å². The Morgan fingerprint density at radius 3 is 2.76 bits per heavy atom. The molecule has 0 saturated carbocycles. The summed E-state index contributed by atoms with van der Waals surface area (Å²) in [7, 11) is 0. The standard InChI is InChI=1S/C19H31N5O/c1-14(2)24-19-17(11-22-24)8-16(10-21-19)9-20-12-18(25)13-23-6-4-15(3)5-7-23/h8,10-11,14-15,18,20,25H,4-7,9,12-13H2,1-3H3. The summed E-state index contributed by atoms with van der Waals surface area (Å²) < 4.78 is 1.94. The lowest BCUT2D eigenvalue weighted by Crippen LogP contribution is -2.41. The Bertz CT molecular complexity index is 676.